The molecule has 0 radical (unpaired) electrons. The summed E-state index contributed by atoms with van der Waals surface area (Å²) in [5, 5.41) is 5.85. The summed E-state index contributed by atoms with van der Waals surface area (Å²) in [5.41, 5.74) is 3.34. The van der Waals surface area contributed by atoms with Gasteiger partial charge in [-0.15, -0.1) is 0 Å². The molecule has 2 aromatic heterocycles. The third-order valence-electron chi connectivity index (χ3n) is 5.69. The maximum atomic E-state index is 13.2. The van der Waals surface area contributed by atoms with Crippen molar-refractivity contribution in [3.63, 3.8) is 0 Å². The molecule has 1 aromatic carbocycles. The lowest BCUT2D eigenvalue weighted by Gasteiger charge is -2.32. The number of carbonyl (C=O) groups is 2. The number of pyridine rings is 1. The highest BCUT2D eigenvalue weighted by atomic mass is 16.2. The van der Waals surface area contributed by atoms with E-state index in [2.05, 4.69) is 15.6 Å². The smallest absolute Gasteiger partial charge is 0.319 e. The summed E-state index contributed by atoms with van der Waals surface area (Å²) in [6, 6.07) is 16.9. The van der Waals surface area contributed by atoms with E-state index in [0.29, 0.717) is 18.7 Å². The van der Waals surface area contributed by atoms with E-state index in [0.717, 1.165) is 35.7 Å². The Morgan fingerprint density at radius 2 is 1.71 bits per heavy atom. The topological polar surface area (TPSA) is 79.3 Å². The van der Waals surface area contributed by atoms with Crippen molar-refractivity contribution < 1.29 is 9.59 Å². The molecule has 7 nitrogen and oxygen atoms in total. The van der Waals surface area contributed by atoms with E-state index < -0.39 is 0 Å². The van der Waals surface area contributed by atoms with Gasteiger partial charge in [-0.3, -0.25) is 4.79 Å². The van der Waals surface area contributed by atoms with Crippen LogP contribution in [0.1, 0.15) is 34.6 Å². The Hall–Kier alpha value is -3.61. The van der Waals surface area contributed by atoms with Crippen LogP contribution in [-0.4, -0.2) is 45.5 Å². The Labute approximate surface area is 182 Å². The molecule has 0 bridgehead atoms. The Morgan fingerprint density at radius 1 is 1.00 bits per heavy atom. The molecule has 1 saturated heterocycles. The number of aryl methyl sites for hydroxylation is 1. The van der Waals surface area contributed by atoms with Crippen molar-refractivity contribution in [1.82, 2.24) is 19.8 Å². The second kappa shape index (κ2) is 9.04. The monoisotopic (exact) mass is 417 g/mol. The molecule has 3 heterocycles. The van der Waals surface area contributed by atoms with Crippen LogP contribution in [0.2, 0.25) is 0 Å². The number of likely N-dealkylation sites (tertiary alicyclic amines) is 1. The highest BCUT2D eigenvalue weighted by molar-refractivity contribution is 5.96. The number of anilines is 1. The highest BCUT2D eigenvalue weighted by Gasteiger charge is 2.27. The Bertz CT molecular complexity index is 1050. The zero-order chi connectivity index (χ0) is 21.8. The summed E-state index contributed by atoms with van der Waals surface area (Å²) in [5.74, 6) is 0.839. The Balaban J connectivity index is 1.36. The zero-order valence-corrected chi connectivity index (χ0v) is 17.8. The zero-order valence-electron chi connectivity index (χ0n) is 17.8. The van der Waals surface area contributed by atoms with Crippen LogP contribution in [-0.2, 0) is 0 Å². The first-order valence-corrected chi connectivity index (χ1v) is 10.5. The molecule has 3 amide bonds. The molecule has 7 heteroatoms. The van der Waals surface area contributed by atoms with Crippen molar-refractivity contribution in [3.8, 4) is 5.82 Å². The van der Waals surface area contributed by atoms with Crippen molar-refractivity contribution in [2.45, 2.75) is 32.7 Å². The molecule has 160 valence electrons. The van der Waals surface area contributed by atoms with Gasteiger partial charge in [0.1, 0.15) is 5.82 Å². The second-order valence-electron chi connectivity index (χ2n) is 7.84. The number of amides is 3. The first-order chi connectivity index (χ1) is 15.0. The number of para-hydroxylation sites is 1. The number of nitrogens with zero attached hydrogens (tertiary/aromatic N) is 3. The van der Waals surface area contributed by atoms with E-state index in [1.54, 1.807) is 6.20 Å². The number of urea groups is 1. The van der Waals surface area contributed by atoms with Gasteiger partial charge in [-0.1, -0.05) is 24.3 Å². The van der Waals surface area contributed by atoms with E-state index in [4.69, 9.17) is 0 Å². The summed E-state index contributed by atoms with van der Waals surface area (Å²) in [4.78, 5) is 31.7. The van der Waals surface area contributed by atoms with E-state index in [1.807, 2.05) is 77.9 Å². The molecular weight excluding hydrogens is 390 g/mol. The molecule has 1 aliphatic rings. The number of hydrogen-bond acceptors (Lipinski definition) is 3. The fraction of sp³-hybridized carbons (Fsp3) is 0.292. The summed E-state index contributed by atoms with van der Waals surface area (Å²) in [7, 11) is 0. The van der Waals surface area contributed by atoms with Crippen molar-refractivity contribution in [1.29, 1.82) is 0 Å². The number of hydrogen-bond donors (Lipinski definition) is 2. The summed E-state index contributed by atoms with van der Waals surface area (Å²) >= 11 is 0. The molecule has 0 saturated carbocycles. The number of rotatable bonds is 4. The maximum Gasteiger partial charge on any atom is 0.319 e. The summed E-state index contributed by atoms with van der Waals surface area (Å²) in [6.07, 6.45) is 3.21. The predicted molar refractivity (Wildman–Crippen MR) is 121 cm³/mol. The van der Waals surface area contributed by atoms with Gasteiger partial charge in [-0.25, -0.2) is 9.78 Å². The van der Waals surface area contributed by atoms with Crippen LogP contribution in [0, 0.1) is 13.8 Å². The lowest BCUT2D eigenvalue weighted by atomic mass is 10.0. The lowest BCUT2D eigenvalue weighted by molar-refractivity contribution is 0.0708. The van der Waals surface area contributed by atoms with Crippen molar-refractivity contribution >= 4 is 17.6 Å². The van der Waals surface area contributed by atoms with Crippen LogP contribution in [0.4, 0.5) is 10.5 Å². The maximum absolute atomic E-state index is 13.2. The molecule has 4 rings (SSSR count). The molecule has 3 aromatic rings. The number of carbonyl (C=O) groups excluding carboxylic acids is 2. The van der Waals surface area contributed by atoms with E-state index in [1.165, 1.54) is 0 Å². The van der Waals surface area contributed by atoms with Gasteiger partial charge in [0.2, 0.25) is 0 Å². The van der Waals surface area contributed by atoms with Gasteiger partial charge in [0.25, 0.3) is 5.91 Å². The average Bonchev–Trinajstić information content (AvgIpc) is 3.09. The first kappa shape index (κ1) is 20.7. The van der Waals surface area contributed by atoms with Crippen LogP contribution in [0.25, 0.3) is 5.82 Å². The minimum absolute atomic E-state index is 0.0301. The van der Waals surface area contributed by atoms with Crippen LogP contribution in [0.5, 0.6) is 0 Å². The van der Waals surface area contributed by atoms with Crippen LogP contribution in [0.15, 0.2) is 60.8 Å². The molecule has 0 atom stereocenters. The van der Waals surface area contributed by atoms with E-state index in [9.17, 15) is 9.59 Å². The quantitative estimate of drug-likeness (QED) is 0.675. The van der Waals surface area contributed by atoms with Gasteiger partial charge >= 0.3 is 6.03 Å². The predicted octanol–water partition coefficient (Wildman–Crippen LogP) is 3.92. The van der Waals surface area contributed by atoms with Gasteiger partial charge in [-0.05, 0) is 57.0 Å². The van der Waals surface area contributed by atoms with Crippen molar-refractivity contribution in [2.24, 2.45) is 0 Å². The molecule has 2 N–H and O–H groups in total. The van der Waals surface area contributed by atoms with E-state index in [-0.39, 0.29) is 18.0 Å². The Kier molecular flexibility index (Phi) is 6.02. The molecule has 0 spiro atoms. The van der Waals surface area contributed by atoms with Gasteiger partial charge < -0.3 is 20.1 Å². The second-order valence-corrected chi connectivity index (χ2v) is 7.84. The van der Waals surface area contributed by atoms with Gasteiger partial charge in [0.15, 0.2) is 0 Å². The third-order valence-corrected chi connectivity index (χ3v) is 5.69. The van der Waals surface area contributed by atoms with E-state index >= 15 is 0 Å². The number of benzene rings is 1. The van der Waals surface area contributed by atoms with Crippen LogP contribution < -0.4 is 10.6 Å². The SMILES string of the molecule is Cc1cc(C(=O)N2CCC(NC(=O)Nc3ccccc3)CC2)c(C)n1-c1ccccn1. The molecule has 0 unspecified atom stereocenters. The standard InChI is InChI=1S/C24H27N5O2/c1-17-16-21(18(2)29(17)22-10-6-7-13-25-22)23(30)28-14-11-20(12-15-28)27-24(31)26-19-8-4-3-5-9-19/h3-10,13,16,20H,11-12,14-15H2,1-2H3,(H2,26,27,31). The van der Waals surface area contributed by atoms with Crippen molar-refractivity contribution in [3.05, 3.63) is 77.7 Å². The number of aromatic nitrogens is 2. The fourth-order valence-corrected chi connectivity index (χ4v) is 4.09. The lowest BCUT2D eigenvalue weighted by Crippen LogP contribution is -2.47. The third kappa shape index (κ3) is 4.60. The minimum atomic E-state index is -0.213. The van der Waals surface area contributed by atoms with Gasteiger partial charge in [-0.2, -0.15) is 0 Å². The van der Waals surface area contributed by atoms with Crippen LogP contribution >= 0.6 is 0 Å². The molecular formula is C24H27N5O2. The number of nitrogens with one attached hydrogen (secondary N) is 2. The molecule has 31 heavy (non-hydrogen) atoms. The van der Waals surface area contributed by atoms with Crippen molar-refractivity contribution in [2.75, 3.05) is 18.4 Å². The van der Waals surface area contributed by atoms with Gasteiger partial charge in [0.05, 0.1) is 5.56 Å². The van der Waals surface area contributed by atoms with Crippen LogP contribution in [0.3, 0.4) is 0 Å². The normalized spacial score (nSPS) is 14.3. The first-order valence-electron chi connectivity index (χ1n) is 10.5. The fourth-order valence-electron chi connectivity index (χ4n) is 4.09. The Morgan fingerprint density at radius 3 is 2.39 bits per heavy atom. The summed E-state index contributed by atoms with van der Waals surface area (Å²) < 4.78 is 2.01. The minimum Gasteiger partial charge on any atom is -0.338 e. The van der Waals surface area contributed by atoms with Gasteiger partial charge in [0, 0.05) is 42.4 Å². The number of piperidine rings is 1. The molecule has 1 aliphatic heterocycles. The average molecular weight is 418 g/mol. The largest absolute Gasteiger partial charge is 0.338 e. The summed E-state index contributed by atoms with van der Waals surface area (Å²) in [6.45, 7) is 5.17. The molecule has 0 aliphatic carbocycles. The highest BCUT2D eigenvalue weighted by Crippen LogP contribution is 2.22. The molecule has 1 fully saturated rings.